The average Bonchev–Trinajstić information content (AvgIpc) is 2.96. The second-order valence-electron chi connectivity index (χ2n) is 9.60. The zero-order valence-corrected chi connectivity index (χ0v) is 24.0. The number of anilines is 2. The van der Waals surface area contributed by atoms with Crippen molar-refractivity contribution in [1.82, 2.24) is 20.3 Å². The Balaban J connectivity index is 0.00000387. The van der Waals surface area contributed by atoms with Gasteiger partial charge in [-0.15, -0.1) is 12.4 Å². The lowest BCUT2D eigenvalue weighted by molar-refractivity contribution is 0.466. The van der Waals surface area contributed by atoms with E-state index >= 15 is 0 Å². The number of fused-ring (bicyclic) bond motifs is 1. The second kappa shape index (κ2) is 13.4. The highest BCUT2D eigenvalue weighted by atomic mass is 35.5. The van der Waals surface area contributed by atoms with Crippen LogP contribution in [0.2, 0.25) is 0 Å². The van der Waals surface area contributed by atoms with E-state index in [0.29, 0.717) is 33.7 Å². The predicted octanol–water partition coefficient (Wildman–Crippen LogP) is 5.62. The summed E-state index contributed by atoms with van der Waals surface area (Å²) in [5.41, 5.74) is 1.75. The molecule has 3 heterocycles. The quantitative estimate of drug-likeness (QED) is 0.214. The molecular weight excluding hydrogens is 574 g/mol. The Kier molecular flexibility index (Phi) is 9.90. The number of sulfonamides is 1. The van der Waals surface area contributed by atoms with Gasteiger partial charge in [-0.1, -0.05) is 12.1 Å². The van der Waals surface area contributed by atoms with Crippen molar-refractivity contribution in [3.63, 3.8) is 0 Å². The molecule has 0 bridgehead atoms. The lowest BCUT2D eigenvalue weighted by Crippen LogP contribution is -2.38. The summed E-state index contributed by atoms with van der Waals surface area (Å²) < 4.78 is 60.9. The van der Waals surface area contributed by atoms with Crippen molar-refractivity contribution in [2.24, 2.45) is 0 Å². The maximum Gasteiger partial charge on any atom is 0.232 e. The number of alkyl halides is 1. The monoisotopic (exact) mass is 604 g/mol. The number of nitrogens with one attached hydrogen (secondary N) is 3. The van der Waals surface area contributed by atoms with Gasteiger partial charge in [-0.05, 0) is 68.6 Å². The molecule has 1 saturated heterocycles. The van der Waals surface area contributed by atoms with Crippen LogP contribution in [0, 0.1) is 12.7 Å². The lowest BCUT2D eigenvalue weighted by Gasteiger charge is -2.23. The summed E-state index contributed by atoms with van der Waals surface area (Å²) in [6.45, 7) is 2.88. The topological polar surface area (TPSA) is 118 Å². The highest BCUT2D eigenvalue weighted by molar-refractivity contribution is 7.92. The van der Waals surface area contributed by atoms with Gasteiger partial charge in [0.1, 0.15) is 11.6 Å². The normalized spacial score (nSPS) is 15.2. The van der Waals surface area contributed by atoms with Crippen molar-refractivity contribution in [3.05, 3.63) is 66.2 Å². The van der Waals surface area contributed by atoms with Crippen LogP contribution in [0.5, 0.6) is 11.6 Å². The SMILES string of the molecule is Cc1ccc2c(NS(=O)(=O)CCCF)c(F)ccc2c1Oc1ncccc1-c1ccnc(N[C@H]2CCCNC2)n1.Cl. The molecule has 3 N–H and O–H groups in total. The van der Waals surface area contributed by atoms with E-state index in [4.69, 9.17) is 9.72 Å². The molecule has 13 heteroatoms. The minimum Gasteiger partial charge on any atom is -0.437 e. The number of hydrogen-bond acceptors (Lipinski definition) is 8. The van der Waals surface area contributed by atoms with E-state index in [2.05, 4.69) is 25.3 Å². The van der Waals surface area contributed by atoms with Crippen LogP contribution in [0.15, 0.2) is 54.9 Å². The molecule has 0 unspecified atom stereocenters. The number of benzene rings is 2. The van der Waals surface area contributed by atoms with Gasteiger partial charge in [0.2, 0.25) is 21.9 Å². The van der Waals surface area contributed by atoms with Gasteiger partial charge in [0.05, 0.1) is 29.4 Å². The standard InChI is InChI=1S/C28H30F2N6O3S.ClH/c1-18-7-8-20-21(9-10-23(30)25(20)36-40(37,38)16-4-12-29)26(18)39-27-22(6-3-14-32-27)24-11-15-33-28(35-24)34-19-5-2-13-31-17-19;/h3,6-11,14-15,19,31,36H,2,4-5,12-13,16-17H2,1H3,(H,33,34,35);1H/t19-;/m0./s1. The molecule has 1 aliphatic heterocycles. The molecule has 1 atom stereocenters. The first-order valence-electron chi connectivity index (χ1n) is 13.1. The van der Waals surface area contributed by atoms with E-state index in [1.807, 2.05) is 13.0 Å². The van der Waals surface area contributed by atoms with Crippen LogP contribution in [0.1, 0.15) is 24.8 Å². The molecule has 0 aliphatic carbocycles. The van der Waals surface area contributed by atoms with Gasteiger partial charge in [-0.3, -0.25) is 9.11 Å². The molecule has 0 spiro atoms. The Bertz CT molecular complexity index is 1620. The molecule has 9 nitrogen and oxygen atoms in total. The van der Waals surface area contributed by atoms with E-state index < -0.39 is 28.3 Å². The third kappa shape index (κ3) is 7.19. The maximum atomic E-state index is 14.8. The Hall–Kier alpha value is -3.61. The molecule has 1 aliphatic rings. The van der Waals surface area contributed by atoms with Crippen molar-refractivity contribution in [1.29, 1.82) is 0 Å². The first-order chi connectivity index (χ1) is 19.3. The first kappa shape index (κ1) is 30.4. The van der Waals surface area contributed by atoms with Gasteiger partial charge in [0.25, 0.3) is 0 Å². The molecule has 0 radical (unpaired) electrons. The van der Waals surface area contributed by atoms with E-state index in [1.165, 1.54) is 12.1 Å². The number of hydrogen-bond donors (Lipinski definition) is 3. The molecule has 1 fully saturated rings. The summed E-state index contributed by atoms with van der Waals surface area (Å²) in [4.78, 5) is 13.5. The van der Waals surface area contributed by atoms with Gasteiger partial charge in [0.15, 0.2) is 0 Å². The van der Waals surface area contributed by atoms with Gasteiger partial charge < -0.3 is 15.4 Å². The van der Waals surface area contributed by atoms with Crippen LogP contribution < -0.4 is 20.1 Å². The first-order valence-corrected chi connectivity index (χ1v) is 14.7. The number of nitrogens with zero attached hydrogens (tertiary/aromatic N) is 3. The van der Waals surface area contributed by atoms with Crippen LogP contribution in [0.3, 0.4) is 0 Å². The Morgan fingerprint density at radius 3 is 2.71 bits per heavy atom. The fourth-order valence-electron chi connectivity index (χ4n) is 4.65. The van der Waals surface area contributed by atoms with E-state index in [1.54, 1.807) is 36.7 Å². The molecule has 5 rings (SSSR count). The minimum absolute atomic E-state index is 0. The highest BCUT2D eigenvalue weighted by Crippen LogP contribution is 2.39. The Morgan fingerprint density at radius 2 is 1.93 bits per heavy atom. The van der Waals surface area contributed by atoms with Crippen LogP contribution in [0.25, 0.3) is 22.0 Å². The van der Waals surface area contributed by atoms with Crippen molar-refractivity contribution < 1.29 is 21.9 Å². The molecule has 41 heavy (non-hydrogen) atoms. The largest absolute Gasteiger partial charge is 0.437 e. The number of halogens is 3. The Morgan fingerprint density at radius 1 is 1.10 bits per heavy atom. The summed E-state index contributed by atoms with van der Waals surface area (Å²) in [6, 6.07) is 11.6. The number of ether oxygens (including phenoxy) is 1. The summed E-state index contributed by atoms with van der Waals surface area (Å²) in [5, 5.41) is 7.52. The highest BCUT2D eigenvalue weighted by Gasteiger charge is 2.20. The Labute approximate surface area is 243 Å². The van der Waals surface area contributed by atoms with Gasteiger partial charge in [0, 0.05) is 35.8 Å². The molecule has 2 aromatic heterocycles. The molecule has 4 aromatic rings. The molecule has 218 valence electrons. The summed E-state index contributed by atoms with van der Waals surface area (Å²) in [7, 11) is -3.96. The molecular formula is C28H31ClF2N6O3S. The third-order valence-electron chi connectivity index (χ3n) is 6.63. The van der Waals surface area contributed by atoms with Gasteiger partial charge in [-0.2, -0.15) is 0 Å². The third-order valence-corrected chi connectivity index (χ3v) is 7.97. The summed E-state index contributed by atoms with van der Waals surface area (Å²) in [6.07, 6.45) is 5.18. The second-order valence-corrected chi connectivity index (χ2v) is 11.4. The predicted molar refractivity (Wildman–Crippen MR) is 159 cm³/mol. The number of aromatic nitrogens is 3. The van der Waals surface area contributed by atoms with E-state index in [0.717, 1.165) is 31.5 Å². The number of pyridine rings is 1. The minimum atomic E-state index is -3.96. The van der Waals surface area contributed by atoms with Gasteiger partial charge in [-0.25, -0.2) is 27.8 Å². The van der Waals surface area contributed by atoms with Crippen LogP contribution in [-0.2, 0) is 10.0 Å². The molecule has 0 amide bonds. The van der Waals surface area contributed by atoms with Crippen LogP contribution >= 0.6 is 12.4 Å². The summed E-state index contributed by atoms with van der Waals surface area (Å²) >= 11 is 0. The summed E-state index contributed by atoms with van der Waals surface area (Å²) in [5.74, 6) is -0.0426. The average molecular weight is 605 g/mol. The molecule has 0 saturated carbocycles. The number of rotatable bonds is 10. The zero-order chi connectivity index (χ0) is 28.1. The smallest absolute Gasteiger partial charge is 0.232 e. The fourth-order valence-corrected chi connectivity index (χ4v) is 5.76. The van der Waals surface area contributed by atoms with Crippen LogP contribution in [0.4, 0.5) is 20.4 Å². The van der Waals surface area contributed by atoms with Crippen molar-refractivity contribution in [3.8, 4) is 22.9 Å². The maximum absolute atomic E-state index is 14.8. The number of piperidine rings is 1. The number of aryl methyl sites for hydroxylation is 1. The fraction of sp³-hybridized carbons (Fsp3) is 0.321. The lowest BCUT2D eigenvalue weighted by atomic mass is 10.0. The molecule has 2 aromatic carbocycles. The van der Waals surface area contributed by atoms with E-state index in [-0.39, 0.29) is 36.4 Å². The van der Waals surface area contributed by atoms with Crippen molar-refractivity contribution >= 4 is 44.8 Å². The zero-order valence-electron chi connectivity index (χ0n) is 22.4. The van der Waals surface area contributed by atoms with Gasteiger partial charge >= 0.3 is 0 Å². The van der Waals surface area contributed by atoms with Crippen molar-refractivity contribution in [2.45, 2.75) is 32.2 Å². The van der Waals surface area contributed by atoms with Crippen LogP contribution in [-0.4, -0.2) is 54.9 Å². The van der Waals surface area contributed by atoms with Crippen molar-refractivity contribution in [2.75, 3.05) is 35.6 Å². The van der Waals surface area contributed by atoms with E-state index in [9.17, 15) is 17.2 Å².